The molecule has 2 aromatic heterocycles. The van der Waals surface area contributed by atoms with Crippen LogP contribution in [-0.4, -0.2) is 45.0 Å². The van der Waals surface area contributed by atoms with E-state index in [0.717, 1.165) is 62.7 Å². The summed E-state index contributed by atoms with van der Waals surface area (Å²) in [5.74, 6) is 1.07. The van der Waals surface area contributed by atoms with E-state index in [4.69, 9.17) is 0 Å². The fraction of sp³-hybridized carbons (Fsp3) is 0.562. The lowest BCUT2D eigenvalue weighted by Crippen LogP contribution is -2.38. The van der Waals surface area contributed by atoms with Gasteiger partial charge in [-0.05, 0) is 19.3 Å². The molecule has 0 spiro atoms. The first-order valence-corrected chi connectivity index (χ1v) is 9.18. The highest BCUT2D eigenvalue weighted by molar-refractivity contribution is 7.09. The van der Waals surface area contributed by atoms with E-state index in [1.165, 1.54) is 0 Å². The molecule has 6 nitrogen and oxygen atoms in total. The van der Waals surface area contributed by atoms with Crippen molar-refractivity contribution in [1.82, 2.24) is 24.8 Å². The molecule has 23 heavy (non-hydrogen) atoms. The van der Waals surface area contributed by atoms with Crippen LogP contribution in [0.2, 0.25) is 0 Å². The van der Waals surface area contributed by atoms with Crippen molar-refractivity contribution in [2.45, 2.75) is 38.3 Å². The molecule has 0 aromatic carbocycles. The third-order valence-electron chi connectivity index (χ3n) is 4.63. The number of rotatable bonds is 2. The molecule has 1 amide bonds. The Balaban J connectivity index is 1.59. The second-order valence-corrected chi connectivity index (χ2v) is 7.04. The summed E-state index contributed by atoms with van der Waals surface area (Å²) in [7, 11) is 0. The number of carbonyl (C=O) groups excluding carboxylic acids is 1. The molecule has 4 rings (SSSR count). The summed E-state index contributed by atoms with van der Waals surface area (Å²) in [6.07, 6.45) is 7.84. The zero-order valence-electron chi connectivity index (χ0n) is 13.1. The van der Waals surface area contributed by atoms with Gasteiger partial charge in [0.15, 0.2) is 0 Å². The Bertz CT molecular complexity index is 657. The molecule has 4 heterocycles. The van der Waals surface area contributed by atoms with E-state index in [2.05, 4.69) is 19.9 Å². The van der Waals surface area contributed by atoms with Gasteiger partial charge in [-0.15, -0.1) is 11.3 Å². The van der Waals surface area contributed by atoms with Gasteiger partial charge in [0.1, 0.15) is 16.5 Å². The fourth-order valence-corrected chi connectivity index (χ4v) is 4.24. The second-order valence-electron chi connectivity index (χ2n) is 6.12. The number of fused-ring (bicyclic) bond motifs is 1. The van der Waals surface area contributed by atoms with Crippen molar-refractivity contribution >= 4 is 17.2 Å². The minimum atomic E-state index is 0.0541. The van der Waals surface area contributed by atoms with Gasteiger partial charge in [-0.1, -0.05) is 0 Å². The van der Waals surface area contributed by atoms with Crippen LogP contribution >= 0.6 is 11.3 Å². The Morgan fingerprint density at radius 1 is 1.30 bits per heavy atom. The molecular weight excluding hydrogens is 310 g/mol. The van der Waals surface area contributed by atoms with Gasteiger partial charge in [0, 0.05) is 50.4 Å². The van der Waals surface area contributed by atoms with Crippen molar-refractivity contribution in [2.75, 3.05) is 19.6 Å². The van der Waals surface area contributed by atoms with Gasteiger partial charge in [0.25, 0.3) is 5.91 Å². The molecule has 122 valence electrons. The number of likely N-dealkylation sites (tertiary alicyclic amines) is 1. The van der Waals surface area contributed by atoms with E-state index in [9.17, 15) is 4.79 Å². The Labute approximate surface area is 139 Å². The predicted molar refractivity (Wildman–Crippen MR) is 88.5 cm³/mol. The van der Waals surface area contributed by atoms with Crippen LogP contribution in [0.15, 0.2) is 17.8 Å². The van der Waals surface area contributed by atoms with Gasteiger partial charge in [-0.25, -0.2) is 9.97 Å². The van der Waals surface area contributed by atoms with Crippen LogP contribution in [0.1, 0.15) is 46.6 Å². The maximum atomic E-state index is 13.0. The van der Waals surface area contributed by atoms with Crippen LogP contribution in [0.3, 0.4) is 0 Å². The van der Waals surface area contributed by atoms with Gasteiger partial charge in [-0.3, -0.25) is 4.79 Å². The summed E-state index contributed by atoms with van der Waals surface area (Å²) in [5.41, 5.74) is 0.588. The number of carbonyl (C=O) groups is 1. The van der Waals surface area contributed by atoms with Crippen molar-refractivity contribution < 1.29 is 4.79 Å². The van der Waals surface area contributed by atoms with E-state index in [0.29, 0.717) is 5.69 Å². The highest BCUT2D eigenvalue weighted by atomic mass is 32.1. The number of hydrogen-bond acceptors (Lipinski definition) is 5. The molecule has 0 saturated carbocycles. The van der Waals surface area contributed by atoms with Crippen molar-refractivity contribution in [3.05, 3.63) is 34.3 Å². The number of hydrogen-bond donors (Lipinski definition) is 1. The minimum Gasteiger partial charge on any atom is -0.333 e. The summed E-state index contributed by atoms with van der Waals surface area (Å²) < 4.78 is 2.12. The average Bonchev–Trinajstić information content (AvgIpc) is 3.20. The number of amides is 1. The van der Waals surface area contributed by atoms with Crippen LogP contribution in [0, 0.1) is 0 Å². The molecule has 2 aliphatic rings. The Hall–Kier alpha value is -1.73. The number of nitrogens with zero attached hydrogens (tertiary/aromatic N) is 4. The zero-order valence-corrected chi connectivity index (χ0v) is 13.9. The average molecular weight is 331 g/mol. The Morgan fingerprint density at radius 3 is 3.13 bits per heavy atom. The minimum absolute atomic E-state index is 0.0541. The summed E-state index contributed by atoms with van der Waals surface area (Å²) in [5, 5.41) is 6.38. The van der Waals surface area contributed by atoms with Gasteiger partial charge in [0.2, 0.25) is 0 Å². The lowest BCUT2D eigenvalue weighted by Gasteiger charge is -2.34. The molecule has 1 saturated heterocycles. The summed E-state index contributed by atoms with van der Waals surface area (Å²) in [6.45, 7) is 3.54. The molecule has 1 unspecified atom stereocenters. The zero-order chi connectivity index (χ0) is 15.6. The van der Waals surface area contributed by atoms with Crippen LogP contribution in [0.25, 0.3) is 0 Å². The van der Waals surface area contributed by atoms with Gasteiger partial charge < -0.3 is 14.8 Å². The van der Waals surface area contributed by atoms with Gasteiger partial charge in [0.05, 0.1) is 6.04 Å². The maximum absolute atomic E-state index is 13.0. The van der Waals surface area contributed by atoms with E-state index in [-0.39, 0.29) is 11.9 Å². The standard InChI is InChI=1S/C16H21N5OS/c22-16(12-11-20-9-6-17-5-4-14(20)19-12)21-8-2-1-3-13(21)15-18-7-10-23-15/h7,10-11,13,17H,1-6,8-9H2. The Kier molecular flexibility index (Phi) is 4.13. The smallest absolute Gasteiger partial charge is 0.274 e. The van der Waals surface area contributed by atoms with Crippen LogP contribution in [0.5, 0.6) is 0 Å². The molecule has 2 aromatic rings. The van der Waals surface area contributed by atoms with Gasteiger partial charge in [-0.2, -0.15) is 0 Å². The first-order chi connectivity index (χ1) is 11.3. The maximum Gasteiger partial charge on any atom is 0.274 e. The van der Waals surface area contributed by atoms with E-state index < -0.39 is 0 Å². The predicted octanol–water partition coefficient (Wildman–Crippen LogP) is 1.85. The molecule has 0 radical (unpaired) electrons. The summed E-state index contributed by atoms with van der Waals surface area (Å²) >= 11 is 1.64. The molecular formula is C16H21N5OS. The molecule has 0 bridgehead atoms. The summed E-state index contributed by atoms with van der Waals surface area (Å²) in [6, 6.07) is 0.111. The summed E-state index contributed by atoms with van der Waals surface area (Å²) in [4.78, 5) is 24.0. The molecule has 1 atom stereocenters. The lowest BCUT2D eigenvalue weighted by molar-refractivity contribution is 0.0605. The van der Waals surface area contributed by atoms with Crippen molar-refractivity contribution in [1.29, 1.82) is 0 Å². The normalized spacial score (nSPS) is 21.7. The Morgan fingerprint density at radius 2 is 2.26 bits per heavy atom. The third kappa shape index (κ3) is 2.90. The number of imidazole rings is 1. The highest BCUT2D eigenvalue weighted by Gasteiger charge is 2.31. The molecule has 0 aliphatic carbocycles. The molecule has 2 aliphatic heterocycles. The van der Waals surface area contributed by atoms with Crippen molar-refractivity contribution in [2.24, 2.45) is 0 Å². The van der Waals surface area contributed by atoms with E-state index >= 15 is 0 Å². The molecule has 1 N–H and O–H groups in total. The first-order valence-electron chi connectivity index (χ1n) is 8.30. The molecule has 7 heteroatoms. The van der Waals surface area contributed by atoms with Crippen molar-refractivity contribution in [3.63, 3.8) is 0 Å². The number of thiazole rings is 1. The topological polar surface area (TPSA) is 63.1 Å². The first kappa shape index (κ1) is 14.8. The van der Waals surface area contributed by atoms with E-state index in [1.807, 2.05) is 22.7 Å². The number of nitrogens with one attached hydrogen (secondary N) is 1. The van der Waals surface area contributed by atoms with Gasteiger partial charge >= 0.3 is 0 Å². The quantitative estimate of drug-likeness (QED) is 0.912. The lowest BCUT2D eigenvalue weighted by atomic mass is 10.0. The largest absolute Gasteiger partial charge is 0.333 e. The number of piperidine rings is 1. The van der Waals surface area contributed by atoms with E-state index in [1.54, 1.807) is 11.3 Å². The number of aromatic nitrogens is 3. The van der Waals surface area contributed by atoms with Crippen molar-refractivity contribution in [3.8, 4) is 0 Å². The monoisotopic (exact) mass is 331 g/mol. The van der Waals surface area contributed by atoms with Crippen LogP contribution in [0.4, 0.5) is 0 Å². The van der Waals surface area contributed by atoms with Crippen LogP contribution in [-0.2, 0) is 13.0 Å². The SMILES string of the molecule is O=C(c1cn2c(n1)CCNCC2)N1CCCCC1c1nccs1. The fourth-order valence-electron chi connectivity index (χ4n) is 3.45. The van der Waals surface area contributed by atoms with Crippen LogP contribution < -0.4 is 5.32 Å². The second kappa shape index (κ2) is 6.41. The molecule has 1 fully saturated rings. The third-order valence-corrected chi connectivity index (χ3v) is 5.51. The highest BCUT2D eigenvalue weighted by Crippen LogP contribution is 2.33.